The Hall–Kier alpha value is -2.37. The maximum absolute atomic E-state index is 13.4. The van der Waals surface area contributed by atoms with E-state index in [2.05, 4.69) is 5.32 Å². The maximum atomic E-state index is 13.4. The predicted molar refractivity (Wildman–Crippen MR) is 118 cm³/mol. The lowest BCUT2D eigenvalue weighted by Gasteiger charge is -2.33. The number of likely N-dealkylation sites (tertiary alicyclic amines) is 1. The van der Waals surface area contributed by atoms with Crippen LogP contribution in [0.25, 0.3) is 0 Å². The number of benzene rings is 2. The SMILES string of the molecule is COCc1cccc(NC(=O)C2CC3CCCCC3N2C(=O)c2cccc(Cl)c2)c1. The second-order valence-electron chi connectivity index (χ2n) is 8.21. The minimum Gasteiger partial charge on any atom is -0.380 e. The summed E-state index contributed by atoms with van der Waals surface area (Å²) in [7, 11) is 1.64. The van der Waals surface area contributed by atoms with Gasteiger partial charge in [-0.15, -0.1) is 0 Å². The fraction of sp³-hybridized carbons (Fsp3) is 0.417. The van der Waals surface area contributed by atoms with E-state index < -0.39 is 6.04 Å². The number of carbonyl (C=O) groups is 2. The van der Waals surface area contributed by atoms with Crippen LogP contribution in [0, 0.1) is 5.92 Å². The van der Waals surface area contributed by atoms with Crippen LogP contribution in [0.2, 0.25) is 5.02 Å². The molecule has 2 amide bonds. The number of carbonyl (C=O) groups excluding carboxylic acids is 2. The van der Waals surface area contributed by atoms with Gasteiger partial charge in [0.15, 0.2) is 0 Å². The van der Waals surface area contributed by atoms with Crippen molar-refractivity contribution < 1.29 is 14.3 Å². The third kappa shape index (κ3) is 4.37. The number of methoxy groups -OCH3 is 1. The minimum atomic E-state index is -0.476. The van der Waals surface area contributed by atoms with Gasteiger partial charge in [0.25, 0.3) is 5.91 Å². The second kappa shape index (κ2) is 9.19. The first-order valence-electron chi connectivity index (χ1n) is 10.5. The number of amides is 2. The molecule has 0 spiro atoms. The first-order valence-corrected chi connectivity index (χ1v) is 10.9. The predicted octanol–water partition coefficient (Wildman–Crippen LogP) is 4.90. The highest BCUT2D eigenvalue weighted by Crippen LogP contribution is 2.41. The van der Waals surface area contributed by atoms with Gasteiger partial charge < -0.3 is 15.0 Å². The highest BCUT2D eigenvalue weighted by atomic mass is 35.5. The Morgan fingerprint density at radius 3 is 2.73 bits per heavy atom. The molecule has 30 heavy (non-hydrogen) atoms. The summed E-state index contributed by atoms with van der Waals surface area (Å²) in [6.07, 6.45) is 4.98. The molecule has 5 nitrogen and oxygen atoms in total. The first-order chi connectivity index (χ1) is 14.6. The smallest absolute Gasteiger partial charge is 0.254 e. The van der Waals surface area contributed by atoms with Crippen molar-refractivity contribution in [2.45, 2.75) is 50.8 Å². The molecule has 2 aliphatic rings. The highest BCUT2D eigenvalue weighted by molar-refractivity contribution is 6.31. The van der Waals surface area contributed by atoms with E-state index in [1.165, 1.54) is 0 Å². The third-order valence-electron chi connectivity index (χ3n) is 6.20. The van der Waals surface area contributed by atoms with E-state index in [0.717, 1.165) is 36.9 Å². The van der Waals surface area contributed by atoms with E-state index >= 15 is 0 Å². The Morgan fingerprint density at radius 2 is 1.93 bits per heavy atom. The Balaban J connectivity index is 1.58. The average Bonchev–Trinajstić information content (AvgIpc) is 3.13. The van der Waals surface area contributed by atoms with Gasteiger partial charge in [-0.1, -0.05) is 42.6 Å². The lowest BCUT2D eigenvalue weighted by atomic mass is 9.84. The summed E-state index contributed by atoms with van der Waals surface area (Å²) in [6, 6.07) is 14.2. The molecule has 158 valence electrons. The molecule has 3 atom stereocenters. The van der Waals surface area contributed by atoms with Crippen LogP contribution in [0.1, 0.15) is 48.0 Å². The van der Waals surface area contributed by atoms with Gasteiger partial charge in [0.05, 0.1) is 6.61 Å². The minimum absolute atomic E-state index is 0.111. The molecule has 0 bridgehead atoms. The molecule has 0 aromatic heterocycles. The van der Waals surface area contributed by atoms with Gasteiger partial charge in [0, 0.05) is 29.4 Å². The van der Waals surface area contributed by atoms with Gasteiger partial charge >= 0.3 is 0 Å². The fourth-order valence-electron chi connectivity index (χ4n) is 4.89. The lowest BCUT2D eigenvalue weighted by molar-refractivity contribution is -0.120. The zero-order valence-electron chi connectivity index (χ0n) is 17.1. The molecule has 1 heterocycles. The molecule has 6 heteroatoms. The van der Waals surface area contributed by atoms with Crippen LogP contribution in [0.4, 0.5) is 5.69 Å². The molecule has 3 unspecified atom stereocenters. The topological polar surface area (TPSA) is 58.6 Å². The van der Waals surface area contributed by atoms with Crippen molar-refractivity contribution in [1.82, 2.24) is 4.90 Å². The van der Waals surface area contributed by atoms with Crippen LogP contribution in [0.15, 0.2) is 48.5 Å². The largest absolute Gasteiger partial charge is 0.380 e. The molecule has 1 saturated heterocycles. The van der Waals surface area contributed by atoms with Crippen LogP contribution < -0.4 is 5.32 Å². The van der Waals surface area contributed by atoms with E-state index in [-0.39, 0.29) is 17.9 Å². The van der Waals surface area contributed by atoms with E-state index in [9.17, 15) is 9.59 Å². The molecule has 1 N–H and O–H groups in total. The Morgan fingerprint density at radius 1 is 1.13 bits per heavy atom. The Labute approximate surface area is 182 Å². The van der Waals surface area contributed by atoms with Crippen molar-refractivity contribution in [2.24, 2.45) is 5.92 Å². The summed E-state index contributed by atoms with van der Waals surface area (Å²) in [6.45, 7) is 0.483. The zero-order chi connectivity index (χ0) is 21.1. The van der Waals surface area contributed by atoms with Crippen LogP contribution >= 0.6 is 11.6 Å². The quantitative estimate of drug-likeness (QED) is 0.739. The van der Waals surface area contributed by atoms with E-state index in [1.807, 2.05) is 29.2 Å². The number of nitrogens with one attached hydrogen (secondary N) is 1. The van der Waals surface area contributed by atoms with Crippen LogP contribution in [0.3, 0.4) is 0 Å². The van der Waals surface area contributed by atoms with Crippen LogP contribution in [-0.2, 0) is 16.1 Å². The maximum Gasteiger partial charge on any atom is 0.254 e. The number of anilines is 1. The summed E-state index contributed by atoms with van der Waals surface area (Å²) in [5.74, 6) is 0.131. The van der Waals surface area contributed by atoms with Gasteiger partial charge in [-0.2, -0.15) is 0 Å². The molecule has 1 saturated carbocycles. The van der Waals surface area contributed by atoms with Gasteiger partial charge in [0.2, 0.25) is 5.91 Å². The van der Waals surface area contributed by atoms with Crippen molar-refractivity contribution in [3.8, 4) is 0 Å². The number of hydrogen-bond donors (Lipinski definition) is 1. The molecule has 1 aliphatic heterocycles. The van der Waals surface area contributed by atoms with Gasteiger partial charge in [0.1, 0.15) is 6.04 Å². The fourth-order valence-corrected chi connectivity index (χ4v) is 5.08. The summed E-state index contributed by atoms with van der Waals surface area (Å²) in [4.78, 5) is 28.5. The third-order valence-corrected chi connectivity index (χ3v) is 6.44. The molecule has 2 aromatic rings. The lowest BCUT2D eigenvalue weighted by Crippen LogP contribution is -2.47. The highest BCUT2D eigenvalue weighted by Gasteiger charge is 2.47. The van der Waals surface area contributed by atoms with E-state index in [4.69, 9.17) is 16.3 Å². The molecule has 0 radical (unpaired) electrons. The standard InChI is InChI=1S/C24H27ClN2O3/c1-30-15-16-6-4-10-20(12-16)26-23(28)22-14-17-7-2-3-11-21(17)27(22)24(29)18-8-5-9-19(25)13-18/h4-6,8-10,12-13,17,21-22H,2-3,7,11,14-15H2,1H3,(H,26,28). The van der Waals surface area contributed by atoms with E-state index in [1.54, 1.807) is 31.4 Å². The molecule has 4 rings (SSSR count). The van der Waals surface area contributed by atoms with Crippen molar-refractivity contribution in [3.63, 3.8) is 0 Å². The summed E-state index contributed by atoms with van der Waals surface area (Å²) in [5, 5.41) is 3.55. The number of nitrogens with zero attached hydrogens (tertiary/aromatic N) is 1. The van der Waals surface area contributed by atoms with Gasteiger partial charge in [-0.25, -0.2) is 0 Å². The van der Waals surface area contributed by atoms with Crippen molar-refractivity contribution >= 4 is 29.1 Å². The molecule has 1 aliphatic carbocycles. The van der Waals surface area contributed by atoms with Crippen molar-refractivity contribution in [3.05, 3.63) is 64.7 Å². The average molecular weight is 427 g/mol. The van der Waals surface area contributed by atoms with Gasteiger partial charge in [-0.3, -0.25) is 9.59 Å². The zero-order valence-corrected chi connectivity index (χ0v) is 17.9. The van der Waals surface area contributed by atoms with E-state index in [0.29, 0.717) is 29.5 Å². The molecular formula is C24H27ClN2O3. The number of ether oxygens (including phenoxy) is 1. The molecule has 2 aromatic carbocycles. The number of rotatable bonds is 5. The van der Waals surface area contributed by atoms with Crippen molar-refractivity contribution in [1.29, 1.82) is 0 Å². The second-order valence-corrected chi connectivity index (χ2v) is 8.65. The summed E-state index contributed by atoms with van der Waals surface area (Å²) in [5.41, 5.74) is 2.25. The number of hydrogen-bond acceptors (Lipinski definition) is 3. The summed E-state index contributed by atoms with van der Waals surface area (Å²) >= 11 is 6.12. The molecule has 2 fully saturated rings. The van der Waals surface area contributed by atoms with Crippen molar-refractivity contribution in [2.75, 3.05) is 12.4 Å². The summed E-state index contributed by atoms with van der Waals surface area (Å²) < 4.78 is 5.18. The number of halogens is 1. The van der Waals surface area contributed by atoms with Crippen LogP contribution in [-0.4, -0.2) is 35.9 Å². The van der Waals surface area contributed by atoms with Gasteiger partial charge in [-0.05, 0) is 61.1 Å². The first kappa shape index (κ1) is 20.9. The Kier molecular flexibility index (Phi) is 6.40. The molecular weight excluding hydrogens is 400 g/mol. The van der Waals surface area contributed by atoms with Crippen LogP contribution in [0.5, 0.6) is 0 Å². The normalized spacial score (nSPS) is 23.1. The monoisotopic (exact) mass is 426 g/mol. The number of fused-ring (bicyclic) bond motifs is 1. The Bertz CT molecular complexity index is 932.